The normalized spacial score (nSPS) is 31.4. The number of hydrogen-bond acceptors (Lipinski definition) is 3. The van der Waals surface area contributed by atoms with Crippen LogP contribution >= 0.6 is 0 Å². The van der Waals surface area contributed by atoms with Crippen molar-refractivity contribution in [2.24, 2.45) is 11.8 Å². The Morgan fingerprint density at radius 1 is 1.12 bits per heavy atom. The number of methoxy groups -OCH3 is 1. The molecule has 1 aliphatic rings. The van der Waals surface area contributed by atoms with E-state index in [9.17, 15) is 0 Å². The maximum atomic E-state index is 6.05. The van der Waals surface area contributed by atoms with Crippen LogP contribution in [0.25, 0.3) is 0 Å². The van der Waals surface area contributed by atoms with Crippen LogP contribution in [-0.4, -0.2) is 39.0 Å². The Hall–Kier alpha value is -0.120. The lowest BCUT2D eigenvalue weighted by Crippen LogP contribution is -2.39. The minimum Gasteiger partial charge on any atom is -0.383 e. The van der Waals surface area contributed by atoms with Gasteiger partial charge in [-0.05, 0) is 37.6 Å². The van der Waals surface area contributed by atoms with Crippen LogP contribution in [0.1, 0.15) is 40.0 Å². The molecule has 3 atom stereocenters. The zero-order chi connectivity index (χ0) is 12.7. The first-order valence-corrected chi connectivity index (χ1v) is 6.99. The van der Waals surface area contributed by atoms with E-state index < -0.39 is 0 Å². The van der Waals surface area contributed by atoms with Gasteiger partial charge in [-0.25, -0.2) is 0 Å². The van der Waals surface area contributed by atoms with Crippen molar-refractivity contribution in [3.63, 3.8) is 0 Å². The summed E-state index contributed by atoms with van der Waals surface area (Å²) < 4.78 is 11.2. The van der Waals surface area contributed by atoms with E-state index in [1.807, 2.05) is 0 Å². The van der Waals surface area contributed by atoms with Crippen LogP contribution < -0.4 is 5.32 Å². The molecule has 0 saturated heterocycles. The number of hydrogen-bond donors (Lipinski definition) is 1. The minimum atomic E-state index is 0.331. The molecule has 102 valence electrons. The van der Waals surface area contributed by atoms with Crippen LogP contribution in [0.5, 0.6) is 0 Å². The molecule has 0 amide bonds. The number of likely N-dealkylation sites (N-methyl/N-ethyl adjacent to an activating group) is 1. The molecule has 0 bridgehead atoms. The van der Waals surface area contributed by atoms with Crippen molar-refractivity contribution in [1.29, 1.82) is 0 Å². The first kappa shape index (κ1) is 14.9. The standard InChI is InChI=1S/C14H29NO2/c1-5-15-13(9-16-4)10-17-14-7-11(2)6-12(3)8-14/h11-15H,5-10H2,1-4H3. The zero-order valence-corrected chi connectivity index (χ0v) is 11.9. The van der Waals surface area contributed by atoms with E-state index in [2.05, 4.69) is 26.1 Å². The highest BCUT2D eigenvalue weighted by Gasteiger charge is 2.25. The third-order valence-electron chi connectivity index (χ3n) is 3.53. The van der Waals surface area contributed by atoms with Gasteiger partial charge in [-0.2, -0.15) is 0 Å². The van der Waals surface area contributed by atoms with E-state index in [0.29, 0.717) is 12.1 Å². The smallest absolute Gasteiger partial charge is 0.0645 e. The molecule has 0 aromatic rings. The molecular formula is C14H29NO2. The van der Waals surface area contributed by atoms with E-state index >= 15 is 0 Å². The average molecular weight is 243 g/mol. The Morgan fingerprint density at radius 3 is 2.29 bits per heavy atom. The van der Waals surface area contributed by atoms with Crippen LogP contribution in [0, 0.1) is 11.8 Å². The molecule has 3 heteroatoms. The molecule has 1 saturated carbocycles. The summed E-state index contributed by atoms with van der Waals surface area (Å²) in [6.45, 7) is 9.26. The van der Waals surface area contributed by atoms with Crippen molar-refractivity contribution >= 4 is 0 Å². The Balaban J connectivity index is 2.27. The van der Waals surface area contributed by atoms with Crippen LogP contribution in [-0.2, 0) is 9.47 Å². The molecule has 0 spiro atoms. The Kier molecular flexibility index (Phi) is 7.09. The highest BCUT2D eigenvalue weighted by Crippen LogP contribution is 2.30. The molecule has 3 nitrogen and oxygen atoms in total. The van der Waals surface area contributed by atoms with Crippen LogP contribution in [0.2, 0.25) is 0 Å². The molecule has 17 heavy (non-hydrogen) atoms. The van der Waals surface area contributed by atoms with Crippen LogP contribution in [0.15, 0.2) is 0 Å². The quantitative estimate of drug-likeness (QED) is 0.745. The SMILES string of the molecule is CCNC(COC)COC1CC(C)CC(C)C1. The Bertz CT molecular complexity index is 183. The average Bonchev–Trinajstić information content (AvgIpc) is 2.25. The predicted molar refractivity (Wildman–Crippen MR) is 71.3 cm³/mol. The molecule has 0 aromatic heterocycles. The van der Waals surface area contributed by atoms with Gasteiger partial charge in [-0.3, -0.25) is 0 Å². The van der Waals surface area contributed by atoms with Gasteiger partial charge < -0.3 is 14.8 Å². The maximum Gasteiger partial charge on any atom is 0.0645 e. The lowest BCUT2D eigenvalue weighted by molar-refractivity contribution is -0.0179. The third kappa shape index (κ3) is 5.84. The molecule has 0 aromatic carbocycles. The molecule has 3 unspecified atom stereocenters. The molecule has 1 aliphatic carbocycles. The highest BCUT2D eigenvalue weighted by atomic mass is 16.5. The molecule has 0 aliphatic heterocycles. The molecule has 1 fully saturated rings. The second-order valence-corrected chi connectivity index (χ2v) is 5.58. The van der Waals surface area contributed by atoms with Crippen LogP contribution in [0.4, 0.5) is 0 Å². The minimum absolute atomic E-state index is 0.331. The van der Waals surface area contributed by atoms with Gasteiger partial charge in [-0.15, -0.1) is 0 Å². The molecular weight excluding hydrogens is 214 g/mol. The summed E-state index contributed by atoms with van der Waals surface area (Å²) in [5.74, 6) is 1.62. The fourth-order valence-corrected chi connectivity index (χ4v) is 2.92. The first-order valence-electron chi connectivity index (χ1n) is 6.99. The van der Waals surface area contributed by atoms with Gasteiger partial charge in [0.15, 0.2) is 0 Å². The van der Waals surface area contributed by atoms with Gasteiger partial charge in [0.2, 0.25) is 0 Å². The monoisotopic (exact) mass is 243 g/mol. The van der Waals surface area contributed by atoms with Gasteiger partial charge in [0.05, 0.1) is 25.4 Å². The summed E-state index contributed by atoms with van der Waals surface area (Å²) in [5, 5.41) is 3.40. The van der Waals surface area contributed by atoms with E-state index in [1.54, 1.807) is 7.11 Å². The first-order chi connectivity index (χ1) is 8.15. The van der Waals surface area contributed by atoms with Crippen molar-refractivity contribution in [2.75, 3.05) is 26.9 Å². The predicted octanol–water partition coefficient (Wildman–Crippen LogP) is 2.45. The number of rotatable bonds is 7. The van der Waals surface area contributed by atoms with Gasteiger partial charge in [0, 0.05) is 7.11 Å². The second kappa shape index (κ2) is 8.06. The van der Waals surface area contributed by atoms with Crippen molar-refractivity contribution in [3.8, 4) is 0 Å². The fourth-order valence-electron chi connectivity index (χ4n) is 2.92. The highest BCUT2D eigenvalue weighted by molar-refractivity contribution is 4.76. The Morgan fingerprint density at radius 2 is 1.76 bits per heavy atom. The Labute approximate surface area is 106 Å². The van der Waals surface area contributed by atoms with Crippen molar-refractivity contribution < 1.29 is 9.47 Å². The summed E-state index contributed by atoms with van der Waals surface area (Å²) in [5.41, 5.74) is 0. The fraction of sp³-hybridized carbons (Fsp3) is 1.00. The third-order valence-corrected chi connectivity index (χ3v) is 3.53. The summed E-state index contributed by atoms with van der Waals surface area (Å²) in [6, 6.07) is 0.331. The van der Waals surface area contributed by atoms with E-state index in [4.69, 9.17) is 9.47 Å². The zero-order valence-electron chi connectivity index (χ0n) is 11.9. The van der Waals surface area contributed by atoms with Gasteiger partial charge in [0.1, 0.15) is 0 Å². The van der Waals surface area contributed by atoms with Gasteiger partial charge in [-0.1, -0.05) is 20.8 Å². The lowest BCUT2D eigenvalue weighted by Gasteiger charge is -2.32. The van der Waals surface area contributed by atoms with E-state index in [0.717, 1.165) is 31.6 Å². The summed E-state index contributed by atoms with van der Waals surface area (Å²) in [7, 11) is 1.75. The molecule has 0 heterocycles. The lowest BCUT2D eigenvalue weighted by atomic mass is 9.82. The summed E-state index contributed by atoms with van der Waals surface area (Å²) in [6.07, 6.45) is 4.24. The number of nitrogens with one attached hydrogen (secondary N) is 1. The summed E-state index contributed by atoms with van der Waals surface area (Å²) in [4.78, 5) is 0. The van der Waals surface area contributed by atoms with E-state index in [-0.39, 0.29) is 0 Å². The van der Waals surface area contributed by atoms with Gasteiger partial charge >= 0.3 is 0 Å². The van der Waals surface area contributed by atoms with Crippen LogP contribution in [0.3, 0.4) is 0 Å². The van der Waals surface area contributed by atoms with Crippen molar-refractivity contribution in [2.45, 2.75) is 52.2 Å². The molecule has 0 radical (unpaired) electrons. The van der Waals surface area contributed by atoms with Crippen molar-refractivity contribution in [3.05, 3.63) is 0 Å². The van der Waals surface area contributed by atoms with Gasteiger partial charge in [0.25, 0.3) is 0 Å². The van der Waals surface area contributed by atoms with E-state index in [1.165, 1.54) is 19.3 Å². The maximum absolute atomic E-state index is 6.05. The topological polar surface area (TPSA) is 30.5 Å². The largest absolute Gasteiger partial charge is 0.383 e. The molecule has 1 N–H and O–H groups in total. The van der Waals surface area contributed by atoms with Crippen molar-refractivity contribution in [1.82, 2.24) is 5.32 Å². The second-order valence-electron chi connectivity index (χ2n) is 5.58. The summed E-state index contributed by atoms with van der Waals surface area (Å²) >= 11 is 0. The molecule has 1 rings (SSSR count). The number of ether oxygens (including phenoxy) is 2.